The minimum Gasteiger partial charge on any atom is -0.378 e. The standard InChI is InChI=1S/C13H16N4O2/c1-9-13(10(2)16(3)15-9)14-8-11-5-4-6-12(7-11)17(18)19/h4-7,14H,8H2,1-3H3. The third kappa shape index (κ3) is 2.73. The number of aromatic nitrogens is 2. The summed E-state index contributed by atoms with van der Waals surface area (Å²) in [5.41, 5.74) is 3.93. The third-order valence-electron chi connectivity index (χ3n) is 3.10. The number of hydrogen-bond donors (Lipinski definition) is 1. The first-order chi connectivity index (χ1) is 8.99. The highest BCUT2D eigenvalue weighted by Crippen LogP contribution is 2.20. The fraction of sp³-hybridized carbons (Fsp3) is 0.308. The first-order valence-corrected chi connectivity index (χ1v) is 5.96. The van der Waals surface area contributed by atoms with Gasteiger partial charge in [-0.3, -0.25) is 14.8 Å². The molecule has 100 valence electrons. The number of non-ortho nitro benzene ring substituents is 1. The van der Waals surface area contributed by atoms with E-state index in [1.54, 1.807) is 12.1 Å². The number of nitro benzene ring substituents is 1. The SMILES string of the molecule is Cc1nn(C)c(C)c1NCc1cccc([N+](=O)[O-])c1. The van der Waals surface area contributed by atoms with E-state index in [1.807, 2.05) is 31.6 Å². The topological polar surface area (TPSA) is 73.0 Å². The van der Waals surface area contributed by atoms with Crippen LogP contribution in [0.25, 0.3) is 0 Å². The lowest BCUT2D eigenvalue weighted by molar-refractivity contribution is -0.384. The minimum atomic E-state index is -0.385. The first-order valence-electron chi connectivity index (χ1n) is 5.96. The molecule has 0 atom stereocenters. The Kier molecular flexibility index (Phi) is 3.50. The molecule has 0 saturated carbocycles. The van der Waals surface area contributed by atoms with Gasteiger partial charge >= 0.3 is 0 Å². The molecule has 1 N–H and O–H groups in total. The van der Waals surface area contributed by atoms with Crippen molar-refractivity contribution in [1.82, 2.24) is 9.78 Å². The maximum Gasteiger partial charge on any atom is 0.269 e. The van der Waals surface area contributed by atoms with Crippen LogP contribution in [0.5, 0.6) is 0 Å². The van der Waals surface area contributed by atoms with Crippen molar-refractivity contribution < 1.29 is 4.92 Å². The van der Waals surface area contributed by atoms with E-state index in [1.165, 1.54) is 6.07 Å². The average Bonchev–Trinajstić information content (AvgIpc) is 2.61. The average molecular weight is 260 g/mol. The van der Waals surface area contributed by atoms with Gasteiger partial charge in [-0.25, -0.2) is 0 Å². The van der Waals surface area contributed by atoms with Crippen molar-refractivity contribution in [3.05, 3.63) is 51.3 Å². The molecular formula is C13H16N4O2. The maximum atomic E-state index is 10.7. The highest BCUT2D eigenvalue weighted by atomic mass is 16.6. The lowest BCUT2D eigenvalue weighted by atomic mass is 10.2. The predicted molar refractivity (Wildman–Crippen MR) is 73.1 cm³/mol. The largest absolute Gasteiger partial charge is 0.378 e. The van der Waals surface area contributed by atoms with Crippen LogP contribution in [0.2, 0.25) is 0 Å². The second-order valence-electron chi connectivity index (χ2n) is 4.45. The Morgan fingerprint density at radius 2 is 2.16 bits per heavy atom. The van der Waals surface area contributed by atoms with Gasteiger partial charge in [-0.15, -0.1) is 0 Å². The summed E-state index contributed by atoms with van der Waals surface area (Å²) in [5, 5.41) is 18.3. The monoisotopic (exact) mass is 260 g/mol. The lowest BCUT2D eigenvalue weighted by Gasteiger charge is -2.07. The van der Waals surface area contributed by atoms with Crippen LogP contribution in [-0.2, 0) is 13.6 Å². The summed E-state index contributed by atoms with van der Waals surface area (Å²) in [6, 6.07) is 6.62. The van der Waals surface area contributed by atoms with Gasteiger partial charge in [0.25, 0.3) is 5.69 Å². The zero-order valence-electron chi connectivity index (χ0n) is 11.2. The molecule has 6 heteroatoms. The molecule has 0 bridgehead atoms. The number of anilines is 1. The quantitative estimate of drug-likeness (QED) is 0.677. The van der Waals surface area contributed by atoms with Crippen molar-refractivity contribution in [1.29, 1.82) is 0 Å². The molecule has 2 rings (SSSR count). The van der Waals surface area contributed by atoms with Crippen LogP contribution in [0.3, 0.4) is 0 Å². The summed E-state index contributed by atoms with van der Waals surface area (Å²) >= 11 is 0. The third-order valence-corrected chi connectivity index (χ3v) is 3.10. The number of nitrogens with zero attached hydrogens (tertiary/aromatic N) is 3. The van der Waals surface area contributed by atoms with E-state index in [-0.39, 0.29) is 10.6 Å². The molecule has 19 heavy (non-hydrogen) atoms. The summed E-state index contributed by atoms with van der Waals surface area (Å²) < 4.78 is 1.81. The Morgan fingerprint density at radius 1 is 1.42 bits per heavy atom. The predicted octanol–water partition coefficient (Wildman–Crippen LogP) is 2.56. The fourth-order valence-corrected chi connectivity index (χ4v) is 2.00. The van der Waals surface area contributed by atoms with E-state index in [0.29, 0.717) is 6.54 Å². The molecule has 0 unspecified atom stereocenters. The Hall–Kier alpha value is -2.37. The molecule has 1 aromatic carbocycles. The van der Waals surface area contributed by atoms with Gasteiger partial charge < -0.3 is 5.32 Å². The molecule has 0 radical (unpaired) electrons. The number of hydrogen-bond acceptors (Lipinski definition) is 4. The summed E-state index contributed by atoms with van der Waals surface area (Å²) in [7, 11) is 1.89. The normalized spacial score (nSPS) is 10.5. The van der Waals surface area contributed by atoms with Gasteiger partial charge in [0.2, 0.25) is 0 Å². The van der Waals surface area contributed by atoms with Gasteiger partial charge in [0.1, 0.15) is 0 Å². The smallest absolute Gasteiger partial charge is 0.269 e. The fourth-order valence-electron chi connectivity index (χ4n) is 2.00. The highest BCUT2D eigenvalue weighted by molar-refractivity contribution is 5.52. The van der Waals surface area contributed by atoms with E-state index >= 15 is 0 Å². The molecule has 2 aromatic rings. The van der Waals surface area contributed by atoms with Crippen LogP contribution < -0.4 is 5.32 Å². The molecule has 0 aliphatic heterocycles. The van der Waals surface area contributed by atoms with Crippen molar-refractivity contribution in [2.75, 3.05) is 5.32 Å². The number of nitrogens with one attached hydrogen (secondary N) is 1. The van der Waals surface area contributed by atoms with Crippen LogP contribution in [0.4, 0.5) is 11.4 Å². The molecular weight excluding hydrogens is 244 g/mol. The van der Waals surface area contributed by atoms with Gasteiger partial charge in [-0.05, 0) is 19.4 Å². The second-order valence-corrected chi connectivity index (χ2v) is 4.45. The van der Waals surface area contributed by atoms with Gasteiger partial charge in [0, 0.05) is 25.7 Å². The van der Waals surface area contributed by atoms with E-state index in [4.69, 9.17) is 0 Å². The zero-order chi connectivity index (χ0) is 14.0. The summed E-state index contributed by atoms with van der Waals surface area (Å²) in [4.78, 5) is 10.3. The molecule has 1 aromatic heterocycles. The van der Waals surface area contributed by atoms with Crippen LogP contribution >= 0.6 is 0 Å². The summed E-state index contributed by atoms with van der Waals surface area (Å²) in [6.45, 7) is 4.45. The maximum absolute atomic E-state index is 10.7. The molecule has 1 heterocycles. The van der Waals surface area contributed by atoms with Crippen molar-refractivity contribution in [2.24, 2.45) is 7.05 Å². The molecule has 0 spiro atoms. The van der Waals surface area contributed by atoms with Gasteiger partial charge in [0.15, 0.2) is 0 Å². The van der Waals surface area contributed by atoms with E-state index < -0.39 is 0 Å². The Bertz CT molecular complexity index is 619. The van der Waals surface area contributed by atoms with Crippen LogP contribution in [0.1, 0.15) is 17.0 Å². The molecule has 0 aliphatic carbocycles. The molecule has 0 saturated heterocycles. The number of rotatable bonds is 4. The highest BCUT2D eigenvalue weighted by Gasteiger charge is 2.10. The molecule has 0 fully saturated rings. The van der Waals surface area contributed by atoms with Crippen LogP contribution in [0, 0.1) is 24.0 Å². The number of benzene rings is 1. The van der Waals surface area contributed by atoms with Gasteiger partial charge in [0.05, 0.1) is 22.0 Å². The minimum absolute atomic E-state index is 0.110. The Balaban J connectivity index is 2.14. The first kappa shape index (κ1) is 13.1. The van der Waals surface area contributed by atoms with E-state index in [2.05, 4.69) is 10.4 Å². The van der Waals surface area contributed by atoms with E-state index in [9.17, 15) is 10.1 Å². The van der Waals surface area contributed by atoms with Crippen LogP contribution in [0.15, 0.2) is 24.3 Å². The number of aryl methyl sites for hydroxylation is 2. The zero-order valence-corrected chi connectivity index (χ0v) is 11.2. The summed E-state index contributed by atoms with van der Waals surface area (Å²) in [5.74, 6) is 0. The lowest BCUT2D eigenvalue weighted by Crippen LogP contribution is -2.02. The second kappa shape index (κ2) is 5.09. The van der Waals surface area contributed by atoms with Crippen molar-refractivity contribution >= 4 is 11.4 Å². The van der Waals surface area contributed by atoms with Crippen LogP contribution in [-0.4, -0.2) is 14.7 Å². The van der Waals surface area contributed by atoms with Crippen molar-refractivity contribution in [2.45, 2.75) is 20.4 Å². The van der Waals surface area contributed by atoms with Crippen molar-refractivity contribution in [3.63, 3.8) is 0 Å². The summed E-state index contributed by atoms with van der Waals surface area (Å²) in [6.07, 6.45) is 0. The van der Waals surface area contributed by atoms with E-state index in [0.717, 1.165) is 22.6 Å². The van der Waals surface area contributed by atoms with Crippen molar-refractivity contribution in [3.8, 4) is 0 Å². The Labute approximate surface area is 111 Å². The number of nitro groups is 1. The molecule has 6 nitrogen and oxygen atoms in total. The Morgan fingerprint density at radius 3 is 2.74 bits per heavy atom. The molecule has 0 amide bonds. The molecule has 0 aliphatic rings. The van der Waals surface area contributed by atoms with Gasteiger partial charge in [-0.2, -0.15) is 5.10 Å². The van der Waals surface area contributed by atoms with Gasteiger partial charge in [-0.1, -0.05) is 12.1 Å².